The number of aromatic carboxylic acids is 1. The largest absolute Gasteiger partial charge is 0.477 e. The van der Waals surface area contributed by atoms with Crippen molar-refractivity contribution >= 4 is 44.8 Å². The maximum atomic E-state index is 11.0. The van der Waals surface area contributed by atoms with E-state index in [-0.39, 0.29) is 4.88 Å². The Hall–Kier alpha value is -0.910. The Bertz CT molecular complexity index is 553. The summed E-state index contributed by atoms with van der Waals surface area (Å²) in [5, 5.41) is 9.69. The fourth-order valence-electron chi connectivity index (χ4n) is 1.41. The van der Waals surface area contributed by atoms with Gasteiger partial charge in [0.25, 0.3) is 0 Å². The van der Waals surface area contributed by atoms with Gasteiger partial charge in [0, 0.05) is 11.4 Å². The van der Waals surface area contributed by atoms with Crippen molar-refractivity contribution < 1.29 is 9.90 Å². The third-order valence-electron chi connectivity index (χ3n) is 2.15. The first kappa shape index (κ1) is 12.5. The van der Waals surface area contributed by atoms with Crippen LogP contribution in [0.15, 0.2) is 28.2 Å². The number of benzene rings is 1. The van der Waals surface area contributed by atoms with E-state index in [0.29, 0.717) is 21.1 Å². The summed E-state index contributed by atoms with van der Waals surface area (Å²) in [5.41, 5.74) is 1.55. The van der Waals surface area contributed by atoms with Gasteiger partial charge in [-0.25, -0.2) is 9.78 Å². The number of hydrogen-bond donors (Lipinski definition) is 1. The van der Waals surface area contributed by atoms with Gasteiger partial charge in [-0.3, -0.25) is 0 Å². The third kappa shape index (κ3) is 3.06. The highest BCUT2D eigenvalue weighted by molar-refractivity contribution is 9.11. The van der Waals surface area contributed by atoms with E-state index in [4.69, 9.17) is 16.7 Å². The Kier molecular flexibility index (Phi) is 3.81. The third-order valence-corrected chi connectivity index (χ3v) is 3.94. The minimum atomic E-state index is -0.947. The molecule has 1 aromatic carbocycles. The van der Waals surface area contributed by atoms with Crippen molar-refractivity contribution in [3.63, 3.8) is 0 Å². The lowest BCUT2D eigenvalue weighted by Gasteiger charge is -2.00. The van der Waals surface area contributed by atoms with Gasteiger partial charge in [0.05, 0.1) is 5.69 Å². The Labute approximate surface area is 115 Å². The zero-order chi connectivity index (χ0) is 12.4. The Balaban J connectivity index is 2.29. The van der Waals surface area contributed by atoms with Crippen molar-refractivity contribution in [2.24, 2.45) is 0 Å². The molecule has 1 aromatic heterocycles. The number of aromatic nitrogens is 1. The number of halogens is 2. The summed E-state index contributed by atoms with van der Waals surface area (Å²) in [5.74, 6) is -0.947. The van der Waals surface area contributed by atoms with E-state index in [0.717, 1.165) is 16.9 Å². The molecule has 1 N–H and O–H groups in total. The summed E-state index contributed by atoms with van der Waals surface area (Å²) in [7, 11) is 0. The van der Waals surface area contributed by atoms with E-state index in [2.05, 4.69) is 20.9 Å². The van der Waals surface area contributed by atoms with Crippen LogP contribution in [0.1, 0.15) is 20.9 Å². The van der Waals surface area contributed by atoms with Gasteiger partial charge in [-0.2, -0.15) is 0 Å². The molecule has 0 saturated carbocycles. The number of carboxylic acid groups (broad SMARTS) is 1. The second-order valence-corrected chi connectivity index (χ2v) is 6.06. The monoisotopic (exact) mass is 331 g/mol. The molecule has 0 aliphatic rings. The van der Waals surface area contributed by atoms with Crippen molar-refractivity contribution in [3.05, 3.63) is 49.3 Å². The quantitative estimate of drug-likeness (QED) is 0.929. The van der Waals surface area contributed by atoms with E-state index in [1.54, 1.807) is 12.1 Å². The van der Waals surface area contributed by atoms with E-state index in [1.807, 2.05) is 12.1 Å². The van der Waals surface area contributed by atoms with E-state index in [1.165, 1.54) is 0 Å². The maximum absolute atomic E-state index is 11.0. The summed E-state index contributed by atoms with van der Waals surface area (Å²) in [6.45, 7) is 0. The maximum Gasteiger partial charge on any atom is 0.347 e. The molecule has 88 valence electrons. The topological polar surface area (TPSA) is 50.2 Å². The molecular formula is C11H7BrClNO2S. The van der Waals surface area contributed by atoms with Crippen LogP contribution in [-0.4, -0.2) is 16.1 Å². The average molecular weight is 333 g/mol. The zero-order valence-corrected chi connectivity index (χ0v) is 11.6. The Morgan fingerprint density at radius 2 is 2.06 bits per heavy atom. The van der Waals surface area contributed by atoms with Crippen molar-refractivity contribution in [2.45, 2.75) is 6.42 Å². The molecule has 0 bridgehead atoms. The number of nitrogens with zero attached hydrogens (tertiary/aromatic N) is 1. The molecule has 0 atom stereocenters. The Morgan fingerprint density at radius 1 is 1.41 bits per heavy atom. The summed E-state index contributed by atoms with van der Waals surface area (Å²) in [6.07, 6.45) is 0.487. The van der Waals surface area contributed by atoms with E-state index < -0.39 is 5.97 Å². The first-order chi connectivity index (χ1) is 8.06. The van der Waals surface area contributed by atoms with Gasteiger partial charge >= 0.3 is 5.97 Å². The molecule has 0 amide bonds. The molecule has 2 aromatic rings. The summed E-state index contributed by atoms with van der Waals surface area (Å²) in [6, 6.07) is 7.28. The van der Waals surface area contributed by atoms with Crippen LogP contribution in [0.5, 0.6) is 0 Å². The highest BCUT2D eigenvalue weighted by Crippen LogP contribution is 2.25. The second kappa shape index (κ2) is 5.16. The van der Waals surface area contributed by atoms with Crippen LogP contribution in [0.25, 0.3) is 0 Å². The molecule has 1 heterocycles. The number of carboxylic acids is 1. The smallest absolute Gasteiger partial charge is 0.347 e. The molecule has 17 heavy (non-hydrogen) atoms. The molecule has 6 heteroatoms. The standard InChI is InChI=1S/C11H7BrClNO2S/c12-11-14-8(9(17-11)10(15)16)5-6-1-3-7(13)4-2-6/h1-4H,5H2,(H,15,16). The van der Waals surface area contributed by atoms with Gasteiger partial charge < -0.3 is 5.11 Å². The van der Waals surface area contributed by atoms with Crippen LogP contribution in [0.2, 0.25) is 5.02 Å². The van der Waals surface area contributed by atoms with E-state index >= 15 is 0 Å². The van der Waals surface area contributed by atoms with Gasteiger partial charge in [0.1, 0.15) is 4.88 Å². The van der Waals surface area contributed by atoms with Gasteiger partial charge in [0.2, 0.25) is 0 Å². The highest BCUT2D eigenvalue weighted by Gasteiger charge is 2.16. The molecule has 0 aliphatic carbocycles. The molecule has 0 spiro atoms. The molecule has 0 aliphatic heterocycles. The van der Waals surface area contributed by atoms with Crippen molar-refractivity contribution in [1.82, 2.24) is 4.98 Å². The normalized spacial score (nSPS) is 10.5. The molecule has 0 unspecified atom stereocenters. The summed E-state index contributed by atoms with van der Waals surface area (Å²) < 4.78 is 0.582. The minimum absolute atomic E-state index is 0.270. The predicted molar refractivity (Wildman–Crippen MR) is 71.0 cm³/mol. The van der Waals surface area contributed by atoms with Crippen LogP contribution in [-0.2, 0) is 6.42 Å². The van der Waals surface area contributed by atoms with Crippen molar-refractivity contribution in [2.75, 3.05) is 0 Å². The fraction of sp³-hybridized carbons (Fsp3) is 0.0909. The summed E-state index contributed by atoms with van der Waals surface area (Å²) in [4.78, 5) is 15.4. The van der Waals surface area contributed by atoms with Crippen LogP contribution >= 0.6 is 38.9 Å². The number of carbonyl (C=O) groups is 1. The van der Waals surface area contributed by atoms with Gasteiger partial charge in [-0.1, -0.05) is 35.1 Å². The molecule has 2 rings (SSSR count). The van der Waals surface area contributed by atoms with Crippen molar-refractivity contribution in [3.8, 4) is 0 Å². The Morgan fingerprint density at radius 3 is 2.65 bits per heavy atom. The van der Waals surface area contributed by atoms with Gasteiger partial charge in [-0.05, 0) is 33.6 Å². The second-order valence-electron chi connectivity index (χ2n) is 3.35. The minimum Gasteiger partial charge on any atom is -0.477 e. The molecule has 3 nitrogen and oxygen atoms in total. The van der Waals surface area contributed by atoms with Crippen LogP contribution in [0.4, 0.5) is 0 Å². The number of thiazole rings is 1. The first-order valence-electron chi connectivity index (χ1n) is 4.69. The van der Waals surface area contributed by atoms with Gasteiger partial charge in [0.15, 0.2) is 3.92 Å². The van der Waals surface area contributed by atoms with Crippen LogP contribution < -0.4 is 0 Å². The van der Waals surface area contributed by atoms with Crippen LogP contribution in [0.3, 0.4) is 0 Å². The lowest BCUT2D eigenvalue weighted by atomic mass is 10.1. The SMILES string of the molecule is O=C(O)c1sc(Br)nc1Cc1ccc(Cl)cc1. The van der Waals surface area contributed by atoms with Gasteiger partial charge in [-0.15, -0.1) is 0 Å². The molecule has 0 saturated heterocycles. The number of rotatable bonds is 3. The number of hydrogen-bond acceptors (Lipinski definition) is 3. The lowest BCUT2D eigenvalue weighted by molar-refractivity contribution is 0.0701. The summed E-state index contributed by atoms with van der Waals surface area (Å²) >= 11 is 10.1. The molecule has 0 radical (unpaired) electrons. The molecule has 0 fully saturated rings. The zero-order valence-electron chi connectivity index (χ0n) is 8.48. The fourth-order valence-corrected chi connectivity index (χ4v) is 2.88. The van der Waals surface area contributed by atoms with Crippen LogP contribution in [0, 0.1) is 0 Å². The average Bonchev–Trinajstić information content (AvgIpc) is 2.63. The predicted octanol–water partition coefficient (Wildman–Crippen LogP) is 3.85. The van der Waals surface area contributed by atoms with E-state index in [9.17, 15) is 4.79 Å². The first-order valence-corrected chi connectivity index (χ1v) is 6.68. The van der Waals surface area contributed by atoms with Crippen molar-refractivity contribution in [1.29, 1.82) is 0 Å². The molecular weight excluding hydrogens is 326 g/mol. The lowest BCUT2D eigenvalue weighted by Crippen LogP contribution is -1.99. The highest BCUT2D eigenvalue weighted by atomic mass is 79.9.